The van der Waals surface area contributed by atoms with E-state index in [9.17, 15) is 0 Å². The van der Waals surface area contributed by atoms with Gasteiger partial charge in [-0.3, -0.25) is 0 Å². The molecule has 0 nitrogen and oxygen atoms in total. The number of benzene rings is 10. The van der Waals surface area contributed by atoms with Crippen LogP contribution >= 0.6 is 0 Å². The Labute approximate surface area is 291 Å². The first-order chi connectivity index (χ1) is 24.8. The molecule has 0 saturated carbocycles. The third kappa shape index (κ3) is 4.39. The molecule has 232 valence electrons. The summed E-state index contributed by atoms with van der Waals surface area (Å²) in [6.07, 6.45) is 0. The van der Waals surface area contributed by atoms with Gasteiger partial charge in [0.15, 0.2) is 0 Å². The Morgan fingerprint density at radius 1 is 0.200 bits per heavy atom. The van der Waals surface area contributed by atoms with Gasteiger partial charge in [-0.1, -0.05) is 194 Å². The molecular weight excluding hydrogens is 601 g/mol. The molecule has 0 radical (unpaired) electrons. The smallest absolute Gasteiger partial charge is 0.00201 e. The van der Waals surface area contributed by atoms with Crippen LogP contribution in [0.5, 0.6) is 0 Å². The predicted octanol–water partition coefficient (Wildman–Crippen LogP) is 14.1. The normalized spacial score (nSPS) is 11.6. The third-order valence-electron chi connectivity index (χ3n) is 10.5. The summed E-state index contributed by atoms with van der Waals surface area (Å²) >= 11 is 0. The molecular formula is C50H32. The molecule has 10 rings (SSSR count). The van der Waals surface area contributed by atoms with E-state index in [-0.39, 0.29) is 0 Å². The fourth-order valence-electron chi connectivity index (χ4n) is 8.33. The molecule has 0 atom stereocenters. The van der Waals surface area contributed by atoms with Crippen LogP contribution in [0.15, 0.2) is 194 Å². The molecule has 0 aliphatic heterocycles. The summed E-state index contributed by atoms with van der Waals surface area (Å²) in [5, 5.41) is 12.7. The summed E-state index contributed by atoms with van der Waals surface area (Å²) in [7, 11) is 0. The quantitative estimate of drug-likeness (QED) is 0.169. The molecule has 0 heteroatoms. The number of fused-ring (bicyclic) bond motifs is 8. The van der Waals surface area contributed by atoms with Gasteiger partial charge in [0.1, 0.15) is 0 Å². The molecule has 0 aliphatic rings. The molecule has 50 heavy (non-hydrogen) atoms. The Morgan fingerprint density at radius 3 is 1.34 bits per heavy atom. The highest BCUT2D eigenvalue weighted by atomic mass is 14.2. The van der Waals surface area contributed by atoms with Crippen LogP contribution < -0.4 is 0 Å². The number of hydrogen-bond donors (Lipinski definition) is 0. The van der Waals surface area contributed by atoms with Crippen LogP contribution in [-0.4, -0.2) is 0 Å². The summed E-state index contributed by atoms with van der Waals surface area (Å²) in [5.74, 6) is 0. The Balaban J connectivity index is 1.35. The molecule has 0 unspecified atom stereocenters. The van der Waals surface area contributed by atoms with Crippen LogP contribution in [0.25, 0.3) is 98.4 Å². The van der Waals surface area contributed by atoms with Gasteiger partial charge in [-0.15, -0.1) is 0 Å². The largest absolute Gasteiger partial charge is 0.0622 e. The zero-order valence-electron chi connectivity index (χ0n) is 27.5. The fraction of sp³-hybridized carbons (Fsp3) is 0. The van der Waals surface area contributed by atoms with Crippen molar-refractivity contribution in [3.8, 4) is 44.5 Å². The first kappa shape index (κ1) is 28.5. The van der Waals surface area contributed by atoms with E-state index in [0.29, 0.717) is 0 Å². The second-order valence-corrected chi connectivity index (χ2v) is 13.1. The third-order valence-corrected chi connectivity index (χ3v) is 10.5. The van der Waals surface area contributed by atoms with E-state index in [1.165, 1.54) is 98.4 Å². The maximum absolute atomic E-state index is 2.34. The SMILES string of the molecule is c1ccc(-c2c(-c3ccc4ccccc4c3-c3cccc4ccccc34)cccc2-c2cccc3c4ccccc4c4ccccc4c23)cc1. The molecule has 0 fully saturated rings. The van der Waals surface area contributed by atoms with Gasteiger partial charge in [0, 0.05) is 0 Å². The highest BCUT2D eigenvalue weighted by Gasteiger charge is 2.21. The first-order valence-electron chi connectivity index (χ1n) is 17.4. The van der Waals surface area contributed by atoms with E-state index in [1.54, 1.807) is 0 Å². The summed E-state index contributed by atoms with van der Waals surface area (Å²) in [5.41, 5.74) is 9.91. The molecule has 0 aliphatic carbocycles. The van der Waals surface area contributed by atoms with Crippen LogP contribution in [0, 0.1) is 0 Å². The van der Waals surface area contributed by atoms with E-state index >= 15 is 0 Å². The van der Waals surface area contributed by atoms with E-state index in [0.717, 1.165) is 0 Å². The lowest BCUT2D eigenvalue weighted by Gasteiger charge is -2.22. The van der Waals surface area contributed by atoms with Gasteiger partial charge in [0.2, 0.25) is 0 Å². The topological polar surface area (TPSA) is 0 Å². The Morgan fingerprint density at radius 2 is 0.620 bits per heavy atom. The highest BCUT2D eigenvalue weighted by molar-refractivity contribution is 6.29. The van der Waals surface area contributed by atoms with Gasteiger partial charge < -0.3 is 0 Å². The van der Waals surface area contributed by atoms with Crippen molar-refractivity contribution in [3.63, 3.8) is 0 Å². The van der Waals surface area contributed by atoms with E-state index in [1.807, 2.05) is 0 Å². The van der Waals surface area contributed by atoms with Crippen molar-refractivity contribution in [1.29, 1.82) is 0 Å². The van der Waals surface area contributed by atoms with Crippen molar-refractivity contribution in [2.45, 2.75) is 0 Å². The Bertz CT molecular complexity index is 2860. The summed E-state index contributed by atoms with van der Waals surface area (Å²) in [6.45, 7) is 0. The number of rotatable bonds is 4. The maximum atomic E-state index is 2.34. The second kappa shape index (κ2) is 11.6. The molecule has 10 aromatic carbocycles. The van der Waals surface area contributed by atoms with E-state index in [2.05, 4.69) is 194 Å². The van der Waals surface area contributed by atoms with Crippen molar-refractivity contribution in [2.24, 2.45) is 0 Å². The lowest BCUT2D eigenvalue weighted by atomic mass is 9.81. The van der Waals surface area contributed by atoms with Gasteiger partial charge in [0.05, 0.1) is 0 Å². The van der Waals surface area contributed by atoms with E-state index in [4.69, 9.17) is 0 Å². The molecule has 0 amide bonds. The lowest BCUT2D eigenvalue weighted by Crippen LogP contribution is -1.95. The van der Waals surface area contributed by atoms with Gasteiger partial charge in [-0.05, 0) is 98.4 Å². The van der Waals surface area contributed by atoms with Crippen LogP contribution in [0.3, 0.4) is 0 Å². The van der Waals surface area contributed by atoms with Crippen molar-refractivity contribution >= 4 is 53.9 Å². The molecule has 0 spiro atoms. The minimum absolute atomic E-state index is 1.21. The molecule has 0 N–H and O–H groups in total. The first-order valence-corrected chi connectivity index (χ1v) is 17.4. The minimum atomic E-state index is 1.21. The summed E-state index contributed by atoms with van der Waals surface area (Å²) < 4.78 is 0. The fourth-order valence-corrected chi connectivity index (χ4v) is 8.33. The average molecular weight is 633 g/mol. The Hall–Kier alpha value is -6.50. The molecule has 0 heterocycles. The minimum Gasteiger partial charge on any atom is -0.0622 e. The van der Waals surface area contributed by atoms with Gasteiger partial charge in [-0.2, -0.15) is 0 Å². The summed E-state index contributed by atoms with van der Waals surface area (Å²) in [6, 6.07) is 71.4. The number of hydrogen-bond acceptors (Lipinski definition) is 0. The van der Waals surface area contributed by atoms with Crippen LogP contribution in [-0.2, 0) is 0 Å². The monoisotopic (exact) mass is 632 g/mol. The van der Waals surface area contributed by atoms with Gasteiger partial charge in [0.25, 0.3) is 0 Å². The molecule has 10 aromatic rings. The van der Waals surface area contributed by atoms with Crippen LogP contribution in [0.2, 0.25) is 0 Å². The van der Waals surface area contributed by atoms with Crippen molar-refractivity contribution in [3.05, 3.63) is 194 Å². The lowest BCUT2D eigenvalue weighted by molar-refractivity contribution is 1.57. The van der Waals surface area contributed by atoms with Gasteiger partial charge in [-0.25, -0.2) is 0 Å². The van der Waals surface area contributed by atoms with Crippen molar-refractivity contribution in [2.75, 3.05) is 0 Å². The Kier molecular flexibility index (Phi) is 6.60. The summed E-state index contributed by atoms with van der Waals surface area (Å²) in [4.78, 5) is 0. The average Bonchev–Trinajstić information content (AvgIpc) is 3.20. The van der Waals surface area contributed by atoms with Crippen molar-refractivity contribution in [1.82, 2.24) is 0 Å². The highest BCUT2D eigenvalue weighted by Crippen LogP contribution is 2.49. The predicted molar refractivity (Wildman–Crippen MR) is 216 cm³/mol. The second-order valence-electron chi connectivity index (χ2n) is 13.1. The standard InChI is InChI=1S/C50H32/c1-2-17-35(18-3-1)48-44(46-30-13-27-43-40-23-9-8-22-38(40)39-24-10-11-25-42(39)50(43)46)28-14-29-45(48)47-32-31-34-16-5-7-21-37(34)49(47)41-26-12-19-33-15-4-6-20-36(33)41/h1-32H. The molecule has 0 bridgehead atoms. The molecule has 0 aromatic heterocycles. The van der Waals surface area contributed by atoms with Crippen molar-refractivity contribution < 1.29 is 0 Å². The zero-order valence-corrected chi connectivity index (χ0v) is 27.5. The van der Waals surface area contributed by atoms with E-state index < -0.39 is 0 Å². The van der Waals surface area contributed by atoms with Crippen LogP contribution in [0.1, 0.15) is 0 Å². The van der Waals surface area contributed by atoms with Gasteiger partial charge >= 0.3 is 0 Å². The van der Waals surface area contributed by atoms with Crippen LogP contribution in [0.4, 0.5) is 0 Å². The maximum Gasteiger partial charge on any atom is -0.00201 e. The zero-order chi connectivity index (χ0) is 33.0. The molecule has 0 saturated heterocycles.